The lowest BCUT2D eigenvalue weighted by Gasteiger charge is -2.26. The van der Waals surface area contributed by atoms with Crippen LogP contribution in [0.15, 0.2) is 66.7 Å². The van der Waals surface area contributed by atoms with Crippen LogP contribution in [0.5, 0.6) is 0 Å². The van der Waals surface area contributed by atoms with Gasteiger partial charge in [-0.25, -0.2) is 13.6 Å². The molecule has 4 rings (SSSR count). The molecule has 6 nitrogen and oxygen atoms in total. The summed E-state index contributed by atoms with van der Waals surface area (Å²) in [5, 5.41) is 5.26. The maximum absolute atomic E-state index is 13.7. The second-order valence-corrected chi connectivity index (χ2v) is 9.51. The first-order chi connectivity index (χ1) is 18.4. The van der Waals surface area contributed by atoms with Gasteiger partial charge in [-0.05, 0) is 66.3 Å². The van der Waals surface area contributed by atoms with Crippen molar-refractivity contribution in [2.75, 3.05) is 16.8 Å². The van der Waals surface area contributed by atoms with E-state index in [4.69, 9.17) is 0 Å². The van der Waals surface area contributed by atoms with E-state index in [1.807, 2.05) is 24.3 Å². The molecule has 2 N–H and O–H groups in total. The zero-order valence-electron chi connectivity index (χ0n) is 21.1. The fourth-order valence-electron chi connectivity index (χ4n) is 4.75. The van der Waals surface area contributed by atoms with Crippen LogP contribution in [-0.4, -0.2) is 24.8 Å². The third-order valence-corrected chi connectivity index (χ3v) is 6.74. The molecule has 0 bridgehead atoms. The Morgan fingerprint density at radius 3 is 2.18 bits per heavy atom. The minimum atomic E-state index is -0.786. The van der Waals surface area contributed by atoms with Gasteiger partial charge in [-0.1, -0.05) is 43.5 Å². The molecule has 3 aromatic carbocycles. The standard InChI is InChI=1S/C30H31F2N3O3/c31-25-17-26(32)19-27(18-25)34-30(38)35(28-13-11-23(12-14-28)22-5-2-1-3-6-22)20-21-7-9-24(10-8-21)29(37)33-15-4-16-36/h7-14,16-19,22H,1-6,15,20H2,(H,33,37)(H,34,38). The van der Waals surface area contributed by atoms with Gasteiger partial charge in [0.15, 0.2) is 0 Å². The van der Waals surface area contributed by atoms with Gasteiger partial charge in [-0.3, -0.25) is 9.69 Å². The molecule has 0 spiro atoms. The van der Waals surface area contributed by atoms with Gasteiger partial charge in [0, 0.05) is 36.0 Å². The minimum Gasteiger partial charge on any atom is -0.352 e. The SMILES string of the molecule is O=CCCNC(=O)c1ccc(CN(C(=O)Nc2cc(F)cc(F)c2)c2ccc(C3CCCCC3)cc2)cc1. The Bertz CT molecular complexity index is 1240. The predicted octanol–water partition coefficient (Wildman–Crippen LogP) is 6.57. The largest absolute Gasteiger partial charge is 0.352 e. The summed E-state index contributed by atoms with van der Waals surface area (Å²) >= 11 is 0. The van der Waals surface area contributed by atoms with E-state index in [0.29, 0.717) is 17.2 Å². The van der Waals surface area contributed by atoms with Crippen molar-refractivity contribution in [3.8, 4) is 0 Å². The Morgan fingerprint density at radius 1 is 0.895 bits per heavy atom. The smallest absolute Gasteiger partial charge is 0.326 e. The van der Waals surface area contributed by atoms with Gasteiger partial charge in [0.2, 0.25) is 0 Å². The summed E-state index contributed by atoms with van der Waals surface area (Å²) in [6, 6.07) is 17.0. The Morgan fingerprint density at radius 2 is 1.55 bits per heavy atom. The summed E-state index contributed by atoms with van der Waals surface area (Å²) < 4.78 is 27.4. The molecule has 0 aliphatic heterocycles. The van der Waals surface area contributed by atoms with Crippen molar-refractivity contribution >= 4 is 29.6 Å². The van der Waals surface area contributed by atoms with Gasteiger partial charge in [0.1, 0.15) is 17.9 Å². The minimum absolute atomic E-state index is 0.0127. The van der Waals surface area contributed by atoms with Gasteiger partial charge < -0.3 is 15.4 Å². The molecule has 0 atom stereocenters. The molecule has 198 valence electrons. The van der Waals surface area contributed by atoms with E-state index in [1.165, 1.54) is 29.7 Å². The number of aldehydes is 1. The molecule has 0 saturated heterocycles. The van der Waals surface area contributed by atoms with E-state index >= 15 is 0 Å². The maximum Gasteiger partial charge on any atom is 0.326 e. The van der Waals surface area contributed by atoms with Crippen LogP contribution in [-0.2, 0) is 11.3 Å². The van der Waals surface area contributed by atoms with Crippen molar-refractivity contribution in [2.24, 2.45) is 0 Å². The number of urea groups is 1. The third kappa shape index (κ3) is 7.25. The van der Waals surface area contributed by atoms with E-state index < -0.39 is 17.7 Å². The van der Waals surface area contributed by atoms with E-state index in [2.05, 4.69) is 10.6 Å². The number of carbonyl (C=O) groups is 3. The number of nitrogens with zero attached hydrogens (tertiary/aromatic N) is 1. The van der Waals surface area contributed by atoms with Crippen LogP contribution in [0, 0.1) is 11.6 Å². The highest BCUT2D eigenvalue weighted by Gasteiger charge is 2.20. The van der Waals surface area contributed by atoms with Crippen molar-refractivity contribution in [3.05, 3.63) is 95.1 Å². The van der Waals surface area contributed by atoms with Crippen molar-refractivity contribution in [2.45, 2.75) is 51.0 Å². The first kappa shape index (κ1) is 27.0. The third-order valence-electron chi connectivity index (χ3n) is 6.74. The van der Waals surface area contributed by atoms with Crippen molar-refractivity contribution in [3.63, 3.8) is 0 Å². The summed E-state index contributed by atoms with van der Waals surface area (Å²) in [5.41, 5.74) is 3.08. The number of carbonyl (C=O) groups excluding carboxylic acids is 3. The molecule has 0 radical (unpaired) electrons. The number of benzene rings is 3. The molecule has 0 heterocycles. The fourth-order valence-corrected chi connectivity index (χ4v) is 4.75. The molecule has 1 fully saturated rings. The molecule has 0 unspecified atom stereocenters. The van der Waals surface area contributed by atoms with Crippen LogP contribution in [0.25, 0.3) is 0 Å². The van der Waals surface area contributed by atoms with Gasteiger partial charge in [0.05, 0.1) is 6.54 Å². The van der Waals surface area contributed by atoms with Crippen molar-refractivity contribution in [1.82, 2.24) is 5.32 Å². The van der Waals surface area contributed by atoms with E-state index in [-0.39, 0.29) is 31.1 Å². The lowest BCUT2D eigenvalue weighted by atomic mass is 9.84. The van der Waals surface area contributed by atoms with Crippen molar-refractivity contribution in [1.29, 1.82) is 0 Å². The van der Waals surface area contributed by atoms with Crippen LogP contribution in [0.1, 0.15) is 65.9 Å². The second kappa shape index (κ2) is 12.9. The van der Waals surface area contributed by atoms with Crippen LogP contribution < -0.4 is 15.5 Å². The summed E-state index contributed by atoms with van der Waals surface area (Å²) in [6.45, 7) is 0.426. The quantitative estimate of drug-likeness (QED) is 0.248. The van der Waals surface area contributed by atoms with Crippen LogP contribution in [0.2, 0.25) is 0 Å². The number of amides is 3. The van der Waals surface area contributed by atoms with E-state index in [9.17, 15) is 23.2 Å². The fraction of sp³-hybridized carbons (Fsp3) is 0.300. The van der Waals surface area contributed by atoms with E-state index in [0.717, 1.165) is 42.9 Å². The molecule has 1 saturated carbocycles. The molecule has 3 amide bonds. The van der Waals surface area contributed by atoms with Gasteiger partial charge in [-0.2, -0.15) is 0 Å². The predicted molar refractivity (Wildman–Crippen MR) is 143 cm³/mol. The Labute approximate surface area is 221 Å². The number of hydrogen-bond donors (Lipinski definition) is 2. The summed E-state index contributed by atoms with van der Waals surface area (Å²) in [5.74, 6) is -1.35. The number of nitrogens with one attached hydrogen (secondary N) is 2. The molecular weight excluding hydrogens is 488 g/mol. The summed E-state index contributed by atoms with van der Waals surface area (Å²) in [7, 11) is 0. The molecule has 1 aliphatic rings. The van der Waals surface area contributed by atoms with Crippen LogP contribution >= 0.6 is 0 Å². The molecule has 1 aliphatic carbocycles. The van der Waals surface area contributed by atoms with Crippen molar-refractivity contribution < 1.29 is 23.2 Å². The lowest BCUT2D eigenvalue weighted by molar-refractivity contribution is -0.107. The van der Waals surface area contributed by atoms with Gasteiger partial charge in [-0.15, -0.1) is 0 Å². The number of anilines is 2. The second-order valence-electron chi connectivity index (χ2n) is 9.51. The van der Waals surface area contributed by atoms with Gasteiger partial charge >= 0.3 is 6.03 Å². The normalized spacial score (nSPS) is 13.5. The number of hydrogen-bond acceptors (Lipinski definition) is 3. The highest BCUT2D eigenvalue weighted by Crippen LogP contribution is 2.33. The maximum atomic E-state index is 13.7. The molecule has 8 heteroatoms. The topological polar surface area (TPSA) is 78.5 Å². The first-order valence-corrected chi connectivity index (χ1v) is 12.9. The molecule has 0 aromatic heterocycles. The lowest BCUT2D eigenvalue weighted by Crippen LogP contribution is -2.34. The molecule has 38 heavy (non-hydrogen) atoms. The Balaban J connectivity index is 1.54. The van der Waals surface area contributed by atoms with Crippen LogP contribution in [0.3, 0.4) is 0 Å². The first-order valence-electron chi connectivity index (χ1n) is 12.9. The van der Waals surface area contributed by atoms with Gasteiger partial charge in [0.25, 0.3) is 5.91 Å². The monoisotopic (exact) mass is 519 g/mol. The Hall–Kier alpha value is -4.07. The van der Waals surface area contributed by atoms with Crippen LogP contribution in [0.4, 0.5) is 25.0 Å². The number of rotatable bonds is 9. The highest BCUT2D eigenvalue weighted by atomic mass is 19.1. The van der Waals surface area contributed by atoms with E-state index in [1.54, 1.807) is 24.3 Å². The summed E-state index contributed by atoms with van der Waals surface area (Å²) in [4.78, 5) is 37.5. The average molecular weight is 520 g/mol. The Kier molecular flexibility index (Phi) is 9.19. The molecule has 3 aromatic rings. The zero-order valence-corrected chi connectivity index (χ0v) is 21.1. The average Bonchev–Trinajstić information content (AvgIpc) is 2.92. The summed E-state index contributed by atoms with van der Waals surface area (Å²) in [6.07, 6.45) is 6.99. The number of halogens is 2. The zero-order chi connectivity index (χ0) is 26.9. The highest BCUT2D eigenvalue weighted by molar-refractivity contribution is 6.01. The molecular formula is C30H31F2N3O3.